The van der Waals surface area contributed by atoms with Crippen molar-refractivity contribution >= 4 is 0 Å². The van der Waals surface area contributed by atoms with Crippen molar-refractivity contribution in [1.82, 2.24) is 10.2 Å². The van der Waals surface area contributed by atoms with E-state index in [1.807, 2.05) is 0 Å². The van der Waals surface area contributed by atoms with Crippen LogP contribution in [-0.2, 0) is 4.74 Å². The summed E-state index contributed by atoms with van der Waals surface area (Å²) >= 11 is 0. The maximum Gasteiger partial charge on any atom is 0.165 e. The molecule has 1 atom stereocenters. The van der Waals surface area contributed by atoms with Crippen molar-refractivity contribution in [2.75, 3.05) is 46.4 Å². The largest absolute Gasteiger partial charge is 0.489 e. The Morgan fingerprint density at radius 1 is 1.47 bits per heavy atom. The van der Waals surface area contributed by atoms with Gasteiger partial charge in [-0.2, -0.15) is 0 Å². The zero-order valence-electron chi connectivity index (χ0n) is 11.3. The molecule has 0 saturated carbocycles. The van der Waals surface area contributed by atoms with Gasteiger partial charge < -0.3 is 19.7 Å². The van der Waals surface area contributed by atoms with E-state index in [0.717, 1.165) is 26.2 Å². The van der Waals surface area contributed by atoms with Crippen LogP contribution in [0.5, 0.6) is 5.75 Å². The zero-order valence-corrected chi connectivity index (χ0v) is 11.3. The van der Waals surface area contributed by atoms with Gasteiger partial charge in [-0.1, -0.05) is 12.1 Å². The van der Waals surface area contributed by atoms with Crippen molar-refractivity contribution in [1.29, 1.82) is 0 Å². The number of likely N-dealkylation sites (N-methyl/N-ethyl adjacent to an activating group) is 1. The number of nitrogens with one attached hydrogen (secondary N) is 1. The number of hydrogen-bond acceptors (Lipinski definition) is 4. The molecule has 1 fully saturated rings. The smallest absolute Gasteiger partial charge is 0.165 e. The lowest BCUT2D eigenvalue weighted by atomic mass is 10.3. The fraction of sp³-hybridized carbons (Fsp3) is 0.571. The van der Waals surface area contributed by atoms with E-state index in [0.29, 0.717) is 18.9 Å². The lowest BCUT2D eigenvalue weighted by molar-refractivity contribution is -0.0182. The van der Waals surface area contributed by atoms with Gasteiger partial charge in [-0.15, -0.1) is 0 Å². The molecule has 106 valence electrons. The molecule has 2 rings (SSSR count). The Hall–Kier alpha value is -1.17. The quantitative estimate of drug-likeness (QED) is 0.784. The van der Waals surface area contributed by atoms with Crippen LogP contribution in [0.1, 0.15) is 0 Å². The molecule has 1 aliphatic rings. The predicted octanol–water partition coefficient (Wildman–Crippen LogP) is 1.12. The normalized spacial score (nSPS) is 20.4. The fourth-order valence-electron chi connectivity index (χ4n) is 2.05. The highest BCUT2D eigenvalue weighted by atomic mass is 19.1. The lowest BCUT2D eigenvalue weighted by Crippen LogP contribution is -2.45. The Bertz CT molecular complexity index is 389. The minimum atomic E-state index is -0.320. The molecule has 19 heavy (non-hydrogen) atoms. The summed E-state index contributed by atoms with van der Waals surface area (Å²) in [5.41, 5.74) is 0. The molecular formula is C14H21FN2O2. The van der Waals surface area contributed by atoms with Crippen molar-refractivity contribution in [3.63, 3.8) is 0 Å². The molecule has 5 heteroatoms. The van der Waals surface area contributed by atoms with E-state index in [2.05, 4.69) is 17.3 Å². The maximum atomic E-state index is 13.3. The molecule has 0 bridgehead atoms. The number of halogens is 1. The van der Waals surface area contributed by atoms with Crippen molar-refractivity contribution in [2.24, 2.45) is 0 Å². The maximum absolute atomic E-state index is 13.3. The lowest BCUT2D eigenvalue weighted by Gasteiger charge is -2.30. The van der Waals surface area contributed by atoms with Crippen LogP contribution >= 0.6 is 0 Å². The highest BCUT2D eigenvalue weighted by molar-refractivity contribution is 5.23. The van der Waals surface area contributed by atoms with Gasteiger partial charge in [0.15, 0.2) is 11.6 Å². The number of morpholine rings is 1. The minimum absolute atomic E-state index is 0.229. The fourth-order valence-corrected chi connectivity index (χ4v) is 2.05. The third-order valence-corrected chi connectivity index (χ3v) is 3.09. The summed E-state index contributed by atoms with van der Waals surface area (Å²) in [4.78, 5) is 2.26. The Morgan fingerprint density at radius 3 is 3.11 bits per heavy atom. The number of nitrogens with zero attached hydrogens (tertiary/aromatic N) is 1. The molecule has 0 aromatic heterocycles. The zero-order chi connectivity index (χ0) is 13.5. The van der Waals surface area contributed by atoms with Gasteiger partial charge in [-0.25, -0.2) is 4.39 Å². The van der Waals surface area contributed by atoms with E-state index < -0.39 is 0 Å². The second-order valence-electron chi connectivity index (χ2n) is 4.74. The van der Waals surface area contributed by atoms with Crippen LogP contribution in [-0.4, -0.2) is 57.4 Å². The van der Waals surface area contributed by atoms with Gasteiger partial charge in [0.25, 0.3) is 0 Å². The van der Waals surface area contributed by atoms with E-state index >= 15 is 0 Å². The van der Waals surface area contributed by atoms with Gasteiger partial charge in [0.2, 0.25) is 0 Å². The average molecular weight is 268 g/mol. The topological polar surface area (TPSA) is 33.7 Å². The SMILES string of the molecule is CN1CCOC(CNCCOc2ccccc2F)C1. The summed E-state index contributed by atoms with van der Waals surface area (Å²) in [6.45, 7) is 4.65. The molecule has 1 N–H and O–H groups in total. The molecular weight excluding hydrogens is 247 g/mol. The Balaban J connectivity index is 1.58. The number of rotatable bonds is 6. The molecule has 1 aliphatic heterocycles. The molecule has 1 saturated heterocycles. The predicted molar refractivity (Wildman–Crippen MR) is 72.0 cm³/mol. The third-order valence-electron chi connectivity index (χ3n) is 3.09. The molecule has 0 amide bonds. The molecule has 0 spiro atoms. The first-order valence-electron chi connectivity index (χ1n) is 6.64. The Kier molecular flexibility index (Phi) is 5.57. The average Bonchev–Trinajstić information content (AvgIpc) is 2.40. The van der Waals surface area contributed by atoms with Gasteiger partial charge in [0.05, 0.1) is 12.7 Å². The van der Waals surface area contributed by atoms with Crippen LogP contribution in [0.15, 0.2) is 24.3 Å². The second kappa shape index (κ2) is 7.43. The van der Waals surface area contributed by atoms with E-state index in [-0.39, 0.29) is 11.9 Å². The van der Waals surface area contributed by atoms with E-state index in [4.69, 9.17) is 9.47 Å². The van der Waals surface area contributed by atoms with Crippen LogP contribution < -0.4 is 10.1 Å². The summed E-state index contributed by atoms with van der Waals surface area (Å²) < 4.78 is 24.2. The first-order chi connectivity index (χ1) is 9.25. The minimum Gasteiger partial charge on any atom is -0.489 e. The molecule has 1 aromatic rings. The summed E-state index contributed by atoms with van der Waals surface area (Å²) in [7, 11) is 2.09. The van der Waals surface area contributed by atoms with E-state index in [1.54, 1.807) is 18.2 Å². The Labute approximate surface area is 113 Å². The van der Waals surface area contributed by atoms with Crippen LogP contribution in [0.25, 0.3) is 0 Å². The molecule has 1 heterocycles. The van der Waals surface area contributed by atoms with Gasteiger partial charge in [0, 0.05) is 26.2 Å². The van der Waals surface area contributed by atoms with Crippen molar-refractivity contribution in [2.45, 2.75) is 6.10 Å². The highest BCUT2D eigenvalue weighted by Gasteiger charge is 2.16. The summed E-state index contributed by atoms with van der Waals surface area (Å²) in [6, 6.07) is 6.44. The number of para-hydroxylation sites is 1. The molecule has 4 nitrogen and oxygen atoms in total. The molecule has 0 aliphatic carbocycles. The van der Waals surface area contributed by atoms with E-state index in [1.165, 1.54) is 6.07 Å². The first kappa shape index (κ1) is 14.2. The van der Waals surface area contributed by atoms with Crippen molar-refractivity contribution in [3.05, 3.63) is 30.1 Å². The molecule has 0 radical (unpaired) electrons. The van der Waals surface area contributed by atoms with Crippen LogP contribution in [0.4, 0.5) is 4.39 Å². The summed E-state index contributed by atoms with van der Waals surface area (Å²) in [5, 5.41) is 3.27. The van der Waals surface area contributed by atoms with Crippen LogP contribution in [0.3, 0.4) is 0 Å². The third kappa shape index (κ3) is 4.78. The molecule has 1 unspecified atom stereocenters. The Morgan fingerprint density at radius 2 is 2.32 bits per heavy atom. The second-order valence-corrected chi connectivity index (χ2v) is 4.74. The number of hydrogen-bond donors (Lipinski definition) is 1. The number of benzene rings is 1. The van der Waals surface area contributed by atoms with Gasteiger partial charge in [-0.3, -0.25) is 0 Å². The van der Waals surface area contributed by atoms with Gasteiger partial charge in [-0.05, 0) is 19.2 Å². The standard InChI is InChI=1S/C14H21FN2O2/c1-17-7-9-18-12(11-17)10-16-6-8-19-14-5-3-2-4-13(14)15/h2-5,12,16H,6-11H2,1H3. The van der Waals surface area contributed by atoms with Crippen LogP contribution in [0, 0.1) is 5.82 Å². The first-order valence-corrected chi connectivity index (χ1v) is 6.64. The number of ether oxygens (including phenoxy) is 2. The summed E-state index contributed by atoms with van der Waals surface area (Å²) in [5.74, 6) is -0.0160. The van der Waals surface area contributed by atoms with Crippen LogP contribution in [0.2, 0.25) is 0 Å². The highest BCUT2D eigenvalue weighted by Crippen LogP contribution is 2.14. The van der Waals surface area contributed by atoms with Crippen molar-refractivity contribution in [3.8, 4) is 5.75 Å². The summed E-state index contributed by atoms with van der Waals surface area (Å²) in [6.07, 6.45) is 0.229. The molecule has 1 aromatic carbocycles. The van der Waals surface area contributed by atoms with Gasteiger partial charge >= 0.3 is 0 Å². The monoisotopic (exact) mass is 268 g/mol. The van der Waals surface area contributed by atoms with Gasteiger partial charge in [0.1, 0.15) is 6.61 Å². The van der Waals surface area contributed by atoms with E-state index in [9.17, 15) is 4.39 Å². The van der Waals surface area contributed by atoms with Crippen molar-refractivity contribution < 1.29 is 13.9 Å².